The third kappa shape index (κ3) is 11.8. The third-order valence-electron chi connectivity index (χ3n) is 15.3. The Hall–Kier alpha value is -5.64. The van der Waals surface area contributed by atoms with Gasteiger partial charge in [-0.25, -0.2) is 9.97 Å². The van der Waals surface area contributed by atoms with Gasteiger partial charge in [-0.1, -0.05) is 84.3 Å². The molecule has 0 bridgehead atoms. The lowest BCUT2D eigenvalue weighted by atomic mass is 9.49. The van der Waals surface area contributed by atoms with Crippen LogP contribution in [0.5, 0.6) is 5.75 Å². The Morgan fingerprint density at radius 3 is 2.26 bits per heavy atom. The molecule has 2 aromatic carbocycles. The number of benzene rings is 2. The molecule has 4 amide bonds. The molecular formula is C55H70ClN9O7S. The third-order valence-corrected chi connectivity index (χ3v) is 16.6. The highest BCUT2D eigenvalue weighted by Crippen LogP contribution is 2.55. The van der Waals surface area contributed by atoms with Gasteiger partial charge in [0, 0.05) is 61.2 Å². The van der Waals surface area contributed by atoms with Crippen molar-refractivity contribution in [3.63, 3.8) is 0 Å². The van der Waals surface area contributed by atoms with E-state index >= 15 is 0 Å². The van der Waals surface area contributed by atoms with Gasteiger partial charge in [0.25, 0.3) is 5.91 Å². The van der Waals surface area contributed by atoms with E-state index in [1.807, 2.05) is 76.5 Å². The number of aliphatic hydroxyl groups excluding tert-OH is 1. The Kier molecular flexibility index (Phi) is 15.9. The first-order chi connectivity index (χ1) is 34.5. The maximum atomic E-state index is 14.2. The van der Waals surface area contributed by atoms with Crippen molar-refractivity contribution in [3.8, 4) is 22.3 Å². The summed E-state index contributed by atoms with van der Waals surface area (Å²) in [7, 11) is 0. The molecule has 2 saturated carbocycles. The number of amides is 4. The predicted molar refractivity (Wildman–Crippen MR) is 281 cm³/mol. The average Bonchev–Trinajstić information content (AvgIpc) is 3.96. The summed E-state index contributed by atoms with van der Waals surface area (Å²) >= 11 is 7.84. The quantitative estimate of drug-likeness (QED) is 0.0759. The minimum absolute atomic E-state index is 0.000197. The molecule has 2 aliphatic heterocycles. The van der Waals surface area contributed by atoms with Crippen molar-refractivity contribution < 1.29 is 33.8 Å². The number of aryl methyl sites for hydroxylation is 1. The van der Waals surface area contributed by atoms with E-state index in [-0.39, 0.29) is 73.7 Å². The highest BCUT2D eigenvalue weighted by Gasteiger charge is 2.64. The van der Waals surface area contributed by atoms with Crippen LogP contribution in [-0.2, 0) is 19.1 Å². The van der Waals surface area contributed by atoms with Crippen LogP contribution in [0.1, 0.15) is 121 Å². The van der Waals surface area contributed by atoms with E-state index < -0.39 is 40.3 Å². The summed E-state index contributed by atoms with van der Waals surface area (Å²) in [4.78, 5) is 68.6. The lowest BCUT2D eigenvalue weighted by Crippen LogP contribution is -2.74. The summed E-state index contributed by atoms with van der Waals surface area (Å²) in [6.45, 7) is 19.3. The van der Waals surface area contributed by atoms with Crippen molar-refractivity contribution in [2.75, 3.05) is 31.1 Å². The maximum Gasteiger partial charge on any atom is 0.253 e. The van der Waals surface area contributed by atoms with Crippen LogP contribution in [0.4, 0.5) is 5.82 Å². The van der Waals surface area contributed by atoms with Crippen LogP contribution in [0.3, 0.4) is 0 Å². The SMILES string of the molecule is Cc1ncsc1-c1ccc([C@H](C)NC(=O)[C@@H]2C[C@@H](O)CN2C(=O)[C@@H](NC(=O)CN[C@H]2C[C@H](OC3CCN(c4ccc(C(=O)N[C@H]5C(C)(C)[C@H](Oc6ccc(C#N)c(Cl)c6)C5(C)C)cn4)CC3)C2)C(C)(C)C)cc1. The van der Waals surface area contributed by atoms with Gasteiger partial charge in [0.05, 0.1) is 63.1 Å². The molecule has 8 rings (SSSR count). The van der Waals surface area contributed by atoms with E-state index in [0.717, 1.165) is 66.3 Å². The van der Waals surface area contributed by atoms with Crippen LogP contribution in [-0.4, -0.2) is 118 Å². The molecular weight excluding hydrogens is 966 g/mol. The summed E-state index contributed by atoms with van der Waals surface area (Å²) in [5.74, 6) is 0.114. The van der Waals surface area contributed by atoms with Crippen LogP contribution in [0.15, 0.2) is 66.3 Å². The molecule has 73 heavy (non-hydrogen) atoms. The number of carbonyl (C=O) groups excluding carboxylic acids is 4. The molecule has 4 atom stereocenters. The van der Waals surface area contributed by atoms with Gasteiger partial charge in [-0.15, -0.1) is 11.3 Å². The molecule has 4 aliphatic rings. The molecule has 0 radical (unpaired) electrons. The van der Waals surface area contributed by atoms with Gasteiger partial charge in [-0.3, -0.25) is 19.2 Å². The first kappa shape index (κ1) is 53.6. The number of nitrogens with one attached hydrogen (secondary N) is 4. The Bertz CT molecular complexity index is 2670. The van der Waals surface area contributed by atoms with E-state index in [0.29, 0.717) is 21.9 Å². The molecule has 0 spiro atoms. The lowest BCUT2D eigenvalue weighted by molar-refractivity contribution is -0.164. The van der Waals surface area contributed by atoms with E-state index in [1.165, 1.54) is 4.90 Å². The first-order valence-corrected chi connectivity index (χ1v) is 26.6. The number of anilines is 1. The second kappa shape index (κ2) is 21.7. The number of β-amino-alcohol motifs (C(OH)–C–C–N with tert-alkyl or cyclic N) is 1. The van der Waals surface area contributed by atoms with Crippen LogP contribution in [0.25, 0.3) is 10.4 Å². The summed E-state index contributed by atoms with van der Waals surface area (Å²) < 4.78 is 12.9. The molecule has 390 valence electrons. The van der Waals surface area contributed by atoms with Crippen molar-refractivity contribution >= 4 is 52.4 Å². The van der Waals surface area contributed by atoms with Gasteiger partial charge in [0.1, 0.15) is 35.8 Å². The fraction of sp³-hybridized carbons (Fsp3) is 0.545. The Morgan fingerprint density at radius 1 is 0.959 bits per heavy atom. The molecule has 5 N–H and O–H groups in total. The number of hydrogen-bond acceptors (Lipinski definition) is 13. The number of aromatic nitrogens is 2. The number of halogens is 1. The second-order valence-electron chi connectivity index (χ2n) is 22.6. The largest absolute Gasteiger partial charge is 0.489 e. The van der Waals surface area contributed by atoms with Crippen molar-refractivity contribution in [2.24, 2.45) is 16.2 Å². The van der Waals surface area contributed by atoms with Gasteiger partial charge in [-0.2, -0.15) is 5.26 Å². The zero-order valence-electron chi connectivity index (χ0n) is 43.3. The molecule has 4 heterocycles. The van der Waals surface area contributed by atoms with Gasteiger partial charge in [0.2, 0.25) is 17.7 Å². The van der Waals surface area contributed by atoms with Crippen molar-refractivity contribution in [1.82, 2.24) is 36.1 Å². The van der Waals surface area contributed by atoms with Crippen LogP contribution in [0.2, 0.25) is 5.02 Å². The van der Waals surface area contributed by atoms with E-state index in [4.69, 9.17) is 21.1 Å². The van der Waals surface area contributed by atoms with Crippen LogP contribution in [0, 0.1) is 34.5 Å². The molecule has 2 aliphatic carbocycles. The van der Waals surface area contributed by atoms with E-state index in [1.54, 1.807) is 35.7 Å². The molecule has 18 heteroatoms. The van der Waals surface area contributed by atoms with Gasteiger partial charge in [0.15, 0.2) is 0 Å². The van der Waals surface area contributed by atoms with Crippen LogP contribution < -0.4 is 30.9 Å². The smallest absolute Gasteiger partial charge is 0.253 e. The number of nitrogens with zero attached hydrogens (tertiary/aromatic N) is 5. The number of thiazole rings is 1. The van der Waals surface area contributed by atoms with Crippen molar-refractivity contribution in [3.05, 3.63) is 93.7 Å². The van der Waals surface area contributed by atoms with E-state index in [2.05, 4.69) is 69.9 Å². The summed E-state index contributed by atoms with van der Waals surface area (Å²) in [6.07, 6.45) is 4.06. The summed E-state index contributed by atoms with van der Waals surface area (Å²) in [5, 5.41) is 32.8. The highest BCUT2D eigenvalue weighted by atomic mass is 35.5. The van der Waals surface area contributed by atoms with Crippen molar-refractivity contribution in [1.29, 1.82) is 5.26 Å². The Labute approximate surface area is 438 Å². The highest BCUT2D eigenvalue weighted by molar-refractivity contribution is 7.13. The number of aliphatic hydroxyl groups is 1. The average molecular weight is 1040 g/mol. The Balaban J connectivity index is 0.744. The number of nitriles is 1. The number of piperidine rings is 1. The van der Waals surface area contributed by atoms with Crippen molar-refractivity contribution in [2.45, 2.75) is 149 Å². The fourth-order valence-electron chi connectivity index (χ4n) is 11.3. The molecule has 16 nitrogen and oxygen atoms in total. The molecule has 4 fully saturated rings. The zero-order valence-corrected chi connectivity index (χ0v) is 44.9. The number of rotatable bonds is 16. The number of likely N-dealkylation sites (tertiary alicyclic amines) is 1. The molecule has 0 unspecified atom stereocenters. The first-order valence-electron chi connectivity index (χ1n) is 25.4. The monoisotopic (exact) mass is 1040 g/mol. The summed E-state index contributed by atoms with van der Waals surface area (Å²) in [6, 6.07) is 16.6. The van der Waals surface area contributed by atoms with Gasteiger partial charge >= 0.3 is 0 Å². The van der Waals surface area contributed by atoms with E-state index in [9.17, 15) is 29.5 Å². The number of pyridine rings is 1. The van der Waals surface area contributed by atoms with Gasteiger partial charge in [-0.05, 0) is 80.3 Å². The number of hydrogen-bond donors (Lipinski definition) is 5. The predicted octanol–water partition coefficient (Wildman–Crippen LogP) is 7.13. The number of carbonyl (C=O) groups is 4. The topological polar surface area (TPSA) is 211 Å². The lowest BCUT2D eigenvalue weighted by Gasteiger charge is -2.63. The number of ether oxygens (including phenoxy) is 2. The zero-order chi connectivity index (χ0) is 52.6. The standard InChI is InChI=1S/C55H70ClN9O7S/c1-31(33-10-12-34(13-11-33)46-32(2)60-30-73-46)61-49(69)43-24-38(66)29-65(43)50(70)47(53(3,4)5)62-45(67)28-58-37-22-41(23-37)71-39-18-20-64(21-19-39)44-17-15-36(27-59-44)48(68)63-51-54(6,7)52(55(51,8)9)72-40-16-14-35(26-57)42(56)25-40/h10-17,25,27,30-31,37-39,41,43,47,51-52,58,66H,18-24,28-29H2,1-9H3,(H,61,69)(H,62,67)(H,63,68)/t31-,37-,38+,41-,43-,47+,51-,52-/m0/s1. The minimum Gasteiger partial charge on any atom is -0.489 e. The normalized spacial score (nSPS) is 24.3. The summed E-state index contributed by atoms with van der Waals surface area (Å²) in [5.41, 5.74) is 4.16. The second-order valence-corrected chi connectivity index (χ2v) is 23.8. The maximum absolute atomic E-state index is 14.2. The van der Waals surface area contributed by atoms with Gasteiger partial charge < -0.3 is 45.6 Å². The molecule has 2 aromatic heterocycles. The van der Waals surface area contributed by atoms with Crippen LogP contribution >= 0.6 is 22.9 Å². The molecule has 4 aromatic rings. The molecule has 2 saturated heterocycles. The Morgan fingerprint density at radius 2 is 1.66 bits per heavy atom. The minimum atomic E-state index is -0.921. The fourth-order valence-corrected chi connectivity index (χ4v) is 12.3.